The highest BCUT2D eigenvalue weighted by atomic mass is 19.1. The van der Waals surface area contributed by atoms with Gasteiger partial charge in [0.25, 0.3) is 5.91 Å². The van der Waals surface area contributed by atoms with Gasteiger partial charge in [0.05, 0.1) is 7.11 Å². The maximum atomic E-state index is 14.0. The molecule has 3 aromatic carbocycles. The normalized spacial score (nSPS) is 11.9. The van der Waals surface area contributed by atoms with Crippen LogP contribution in [0.25, 0.3) is 10.9 Å². The average molecular weight is 388 g/mol. The zero-order valence-electron chi connectivity index (χ0n) is 16.0. The van der Waals surface area contributed by atoms with Crippen molar-refractivity contribution in [2.75, 3.05) is 13.7 Å². The molecule has 0 unspecified atom stereocenters. The van der Waals surface area contributed by atoms with Crippen LogP contribution >= 0.6 is 0 Å². The zero-order chi connectivity index (χ0) is 20.2. The molecule has 0 fully saturated rings. The van der Waals surface area contributed by atoms with Crippen LogP contribution in [-0.2, 0) is 0 Å². The van der Waals surface area contributed by atoms with Crippen molar-refractivity contribution in [1.29, 1.82) is 0 Å². The number of fused-ring (bicyclic) bond motifs is 1. The Hall–Kier alpha value is -3.60. The number of benzene rings is 3. The van der Waals surface area contributed by atoms with Gasteiger partial charge in [-0.3, -0.25) is 4.79 Å². The zero-order valence-corrected chi connectivity index (χ0v) is 16.0. The smallest absolute Gasteiger partial charge is 0.251 e. The Morgan fingerprint density at radius 1 is 1.07 bits per heavy atom. The van der Waals surface area contributed by atoms with Crippen LogP contribution in [0.15, 0.2) is 79.0 Å². The van der Waals surface area contributed by atoms with Gasteiger partial charge in [-0.1, -0.05) is 48.5 Å². The van der Waals surface area contributed by atoms with E-state index in [1.807, 2.05) is 54.7 Å². The van der Waals surface area contributed by atoms with E-state index in [9.17, 15) is 9.18 Å². The van der Waals surface area contributed by atoms with E-state index in [0.29, 0.717) is 6.54 Å². The number of rotatable bonds is 6. The molecule has 0 saturated carbocycles. The van der Waals surface area contributed by atoms with Gasteiger partial charge in [-0.25, -0.2) is 4.39 Å². The van der Waals surface area contributed by atoms with Crippen molar-refractivity contribution in [2.45, 2.75) is 5.92 Å². The summed E-state index contributed by atoms with van der Waals surface area (Å²) in [6, 6.07) is 22.3. The number of hydrogen-bond acceptors (Lipinski definition) is 2. The number of aromatic nitrogens is 1. The van der Waals surface area contributed by atoms with E-state index < -0.39 is 5.82 Å². The van der Waals surface area contributed by atoms with Crippen LogP contribution in [-0.4, -0.2) is 24.5 Å². The molecule has 146 valence electrons. The van der Waals surface area contributed by atoms with Crippen molar-refractivity contribution >= 4 is 16.8 Å². The fraction of sp³-hybridized carbons (Fsp3) is 0.125. The minimum Gasteiger partial charge on any atom is -0.494 e. The van der Waals surface area contributed by atoms with Crippen molar-refractivity contribution in [3.63, 3.8) is 0 Å². The summed E-state index contributed by atoms with van der Waals surface area (Å²) >= 11 is 0. The predicted octanol–water partition coefficient (Wildman–Crippen LogP) is 4.88. The number of amides is 1. The molecule has 0 spiro atoms. The summed E-state index contributed by atoms with van der Waals surface area (Å²) in [6.45, 7) is 0.387. The lowest BCUT2D eigenvalue weighted by atomic mass is 9.91. The minimum absolute atomic E-state index is 0.0422. The SMILES string of the molecule is COc1ccc(C(=O)NC[C@H](c2ccccc2)c2c[nH]c3ccccc23)cc1F. The fourth-order valence-corrected chi connectivity index (χ4v) is 3.58. The molecule has 4 aromatic rings. The number of ether oxygens (including phenoxy) is 1. The molecule has 1 atom stereocenters. The van der Waals surface area contributed by atoms with Gasteiger partial charge >= 0.3 is 0 Å². The lowest BCUT2D eigenvalue weighted by molar-refractivity contribution is 0.0952. The van der Waals surface area contributed by atoms with Crippen LogP contribution in [0.1, 0.15) is 27.4 Å². The first-order valence-corrected chi connectivity index (χ1v) is 9.40. The highest BCUT2D eigenvalue weighted by molar-refractivity contribution is 5.94. The Balaban J connectivity index is 1.61. The van der Waals surface area contributed by atoms with Crippen molar-refractivity contribution in [1.82, 2.24) is 10.3 Å². The molecule has 0 aliphatic rings. The molecule has 29 heavy (non-hydrogen) atoms. The monoisotopic (exact) mass is 388 g/mol. The fourth-order valence-electron chi connectivity index (χ4n) is 3.58. The first-order valence-electron chi connectivity index (χ1n) is 9.40. The number of para-hydroxylation sites is 1. The Labute approximate surface area is 168 Å². The summed E-state index contributed by atoms with van der Waals surface area (Å²) in [6.07, 6.45) is 1.99. The number of hydrogen-bond donors (Lipinski definition) is 2. The number of halogens is 1. The van der Waals surface area contributed by atoms with Crippen molar-refractivity contribution in [3.8, 4) is 5.75 Å². The minimum atomic E-state index is -0.559. The van der Waals surface area contributed by atoms with Crippen LogP contribution < -0.4 is 10.1 Å². The van der Waals surface area contributed by atoms with Crippen molar-refractivity contribution in [2.24, 2.45) is 0 Å². The van der Waals surface area contributed by atoms with Crippen LogP contribution in [0, 0.1) is 5.82 Å². The van der Waals surface area contributed by atoms with Crippen molar-refractivity contribution < 1.29 is 13.9 Å². The van der Waals surface area contributed by atoms with Gasteiger partial charge in [0.1, 0.15) is 0 Å². The van der Waals surface area contributed by atoms with E-state index in [2.05, 4.69) is 16.4 Å². The standard InChI is InChI=1S/C24H21FN2O2/c1-29-23-12-11-17(13-21(23)25)24(28)27-14-19(16-7-3-2-4-8-16)20-15-26-22-10-6-5-9-18(20)22/h2-13,15,19,26H,14H2,1H3,(H,27,28)/t19-/m1/s1. The van der Waals surface area contributed by atoms with Gasteiger partial charge in [0.15, 0.2) is 11.6 Å². The highest BCUT2D eigenvalue weighted by Crippen LogP contribution is 2.30. The molecular formula is C24H21FN2O2. The Kier molecular flexibility index (Phi) is 5.29. The topological polar surface area (TPSA) is 54.1 Å². The summed E-state index contributed by atoms with van der Waals surface area (Å²) in [5.74, 6) is -0.814. The third-order valence-electron chi connectivity index (χ3n) is 5.08. The molecule has 0 aliphatic carbocycles. The van der Waals surface area contributed by atoms with E-state index >= 15 is 0 Å². The van der Waals surface area contributed by atoms with E-state index in [1.54, 1.807) is 6.07 Å². The molecule has 5 heteroatoms. The summed E-state index contributed by atoms with van der Waals surface area (Å²) in [7, 11) is 1.39. The van der Waals surface area contributed by atoms with E-state index in [1.165, 1.54) is 19.2 Å². The van der Waals surface area contributed by atoms with E-state index in [-0.39, 0.29) is 23.1 Å². The van der Waals surface area contributed by atoms with Crippen LogP contribution in [0.5, 0.6) is 5.75 Å². The molecule has 0 radical (unpaired) electrons. The second-order valence-corrected chi connectivity index (χ2v) is 6.81. The number of nitrogens with one attached hydrogen (secondary N) is 2. The van der Waals surface area contributed by atoms with E-state index in [4.69, 9.17) is 4.74 Å². The lowest BCUT2D eigenvalue weighted by Crippen LogP contribution is -2.29. The molecule has 0 bridgehead atoms. The Morgan fingerprint density at radius 2 is 1.83 bits per heavy atom. The molecule has 4 nitrogen and oxygen atoms in total. The van der Waals surface area contributed by atoms with E-state index in [0.717, 1.165) is 22.0 Å². The molecule has 0 aliphatic heterocycles. The number of aromatic amines is 1. The van der Waals surface area contributed by atoms with Gasteiger partial charge in [-0.2, -0.15) is 0 Å². The van der Waals surface area contributed by atoms with Crippen LogP contribution in [0.3, 0.4) is 0 Å². The van der Waals surface area contributed by atoms with Gasteiger partial charge in [-0.15, -0.1) is 0 Å². The van der Waals surface area contributed by atoms with Gasteiger partial charge < -0.3 is 15.0 Å². The van der Waals surface area contributed by atoms with Gasteiger partial charge in [0, 0.05) is 35.1 Å². The Morgan fingerprint density at radius 3 is 2.59 bits per heavy atom. The van der Waals surface area contributed by atoms with Crippen LogP contribution in [0.2, 0.25) is 0 Å². The summed E-state index contributed by atoms with van der Waals surface area (Å²) < 4.78 is 18.9. The average Bonchev–Trinajstić information content (AvgIpc) is 3.18. The molecule has 1 heterocycles. The lowest BCUT2D eigenvalue weighted by Gasteiger charge is -2.18. The highest BCUT2D eigenvalue weighted by Gasteiger charge is 2.19. The first kappa shape index (κ1) is 18.7. The second kappa shape index (κ2) is 8.19. The quantitative estimate of drug-likeness (QED) is 0.495. The van der Waals surface area contributed by atoms with Crippen LogP contribution in [0.4, 0.5) is 4.39 Å². The summed E-state index contributed by atoms with van der Waals surface area (Å²) in [5.41, 5.74) is 3.51. The molecular weight excluding hydrogens is 367 g/mol. The number of carbonyl (C=O) groups excluding carboxylic acids is 1. The summed E-state index contributed by atoms with van der Waals surface area (Å²) in [4.78, 5) is 15.9. The molecule has 1 amide bonds. The molecule has 4 rings (SSSR count). The number of carbonyl (C=O) groups is 1. The maximum Gasteiger partial charge on any atom is 0.251 e. The second-order valence-electron chi connectivity index (χ2n) is 6.81. The van der Waals surface area contributed by atoms with Gasteiger partial charge in [0.2, 0.25) is 0 Å². The summed E-state index contributed by atoms with van der Waals surface area (Å²) in [5, 5.41) is 4.07. The molecule has 1 aromatic heterocycles. The van der Waals surface area contributed by atoms with Gasteiger partial charge in [-0.05, 0) is 35.4 Å². The third kappa shape index (κ3) is 3.85. The van der Waals surface area contributed by atoms with Crippen molar-refractivity contribution in [3.05, 3.63) is 102 Å². The third-order valence-corrected chi connectivity index (χ3v) is 5.08. The predicted molar refractivity (Wildman–Crippen MR) is 112 cm³/mol. The first-order chi connectivity index (χ1) is 14.2. The Bertz CT molecular complexity index is 1140. The molecule has 0 saturated heterocycles. The largest absolute Gasteiger partial charge is 0.494 e. The molecule has 2 N–H and O–H groups in total. The number of H-pyrrole nitrogens is 1. The number of methoxy groups -OCH3 is 1. The maximum absolute atomic E-state index is 14.0.